The van der Waals surface area contributed by atoms with Gasteiger partial charge >= 0.3 is 12.2 Å². The van der Waals surface area contributed by atoms with Crippen molar-refractivity contribution in [2.24, 2.45) is 0 Å². The summed E-state index contributed by atoms with van der Waals surface area (Å²) in [5, 5.41) is 31.9. The van der Waals surface area contributed by atoms with E-state index in [0.717, 1.165) is 25.7 Å². The molecule has 0 aliphatic rings. The van der Waals surface area contributed by atoms with Crippen LogP contribution in [0.5, 0.6) is 0 Å². The van der Waals surface area contributed by atoms with Crippen LogP contribution in [0, 0.1) is 11.9 Å². The molecule has 2 rings (SSSR count). The lowest BCUT2D eigenvalue weighted by atomic mass is 10.0. The zero-order chi connectivity index (χ0) is 36.3. The first-order valence-electron chi connectivity index (χ1n) is 16.5. The first-order valence-corrected chi connectivity index (χ1v) is 16.5. The fraction of sp³-hybridized carbons (Fsp3) is 0.647. The van der Waals surface area contributed by atoms with Crippen molar-refractivity contribution in [3.8, 4) is 0 Å². The Morgan fingerprint density at radius 1 is 0.708 bits per heavy atom. The van der Waals surface area contributed by atoms with Crippen LogP contribution in [-0.4, -0.2) is 81.0 Å². The van der Waals surface area contributed by atoms with E-state index >= 15 is 0 Å². The van der Waals surface area contributed by atoms with Crippen LogP contribution in [0.25, 0.3) is 0 Å². The maximum Gasteiger partial charge on any atom is 0.407 e. The minimum Gasteiger partial charge on any atom is -0.444 e. The number of unbranched alkanes of at least 4 members (excludes halogenated alkanes) is 2. The van der Waals surface area contributed by atoms with E-state index in [-0.39, 0.29) is 13.1 Å². The largest absolute Gasteiger partial charge is 0.444 e. The van der Waals surface area contributed by atoms with E-state index in [1.54, 1.807) is 53.7 Å². The van der Waals surface area contributed by atoms with Crippen LogP contribution in [0.2, 0.25) is 0 Å². The van der Waals surface area contributed by atoms with Crippen LogP contribution in [-0.2, 0) is 9.47 Å². The predicted octanol–water partition coefficient (Wildman–Crippen LogP) is 6.15. The summed E-state index contributed by atoms with van der Waals surface area (Å²) in [6, 6.07) is 7.86. The highest BCUT2D eigenvalue weighted by Gasteiger charge is 2.25. The molecule has 272 valence electrons. The number of rotatable bonds is 16. The first kappa shape index (κ1) is 42.2. The molecule has 48 heavy (non-hydrogen) atoms. The number of nitrogens with zero attached hydrogens (tertiary/aromatic N) is 2. The second kappa shape index (κ2) is 21.2. The summed E-state index contributed by atoms with van der Waals surface area (Å²) in [7, 11) is 0. The lowest BCUT2D eigenvalue weighted by molar-refractivity contribution is 0.0416. The van der Waals surface area contributed by atoms with Gasteiger partial charge in [-0.15, -0.1) is 0 Å². The van der Waals surface area contributed by atoms with Crippen molar-refractivity contribution in [3.63, 3.8) is 0 Å². The van der Waals surface area contributed by atoms with Crippen molar-refractivity contribution in [1.29, 1.82) is 0 Å². The van der Waals surface area contributed by atoms with Crippen molar-refractivity contribution >= 4 is 23.8 Å². The Labute approximate surface area is 283 Å². The molecular weight excluding hydrogens is 626 g/mol. The molecule has 0 aliphatic heterocycles. The molecule has 0 bridgehead atoms. The monoisotopic (exact) mass is 682 g/mol. The van der Waals surface area contributed by atoms with Gasteiger partial charge in [0, 0.05) is 13.1 Å². The van der Waals surface area contributed by atoms with Gasteiger partial charge in [-0.1, -0.05) is 51.7 Å². The zero-order valence-corrected chi connectivity index (χ0v) is 29.6. The maximum atomic E-state index is 13.1. The second-order valence-electron chi connectivity index (χ2n) is 13.4. The van der Waals surface area contributed by atoms with Crippen LogP contribution < -0.4 is 21.3 Å². The third-order valence-corrected chi connectivity index (χ3v) is 6.49. The number of aliphatic hydroxyl groups excluding tert-OH is 2. The minimum atomic E-state index is -0.853. The number of aliphatic hydroxyl groups is 2. The van der Waals surface area contributed by atoms with Gasteiger partial charge in [0.2, 0.25) is 11.9 Å². The van der Waals surface area contributed by atoms with Crippen molar-refractivity contribution < 1.29 is 38.1 Å². The van der Waals surface area contributed by atoms with Crippen molar-refractivity contribution in [2.75, 3.05) is 23.7 Å². The lowest BCUT2D eigenvalue weighted by Crippen LogP contribution is -2.47. The minimum absolute atomic E-state index is 0.140. The summed E-state index contributed by atoms with van der Waals surface area (Å²) >= 11 is 0. The molecule has 2 aromatic heterocycles. The van der Waals surface area contributed by atoms with Crippen LogP contribution in [0.15, 0.2) is 36.4 Å². The van der Waals surface area contributed by atoms with E-state index in [1.165, 1.54) is 24.3 Å². The Balaban J connectivity index is 0.000000480. The Kier molecular flexibility index (Phi) is 18.7. The van der Waals surface area contributed by atoms with E-state index in [4.69, 9.17) is 9.47 Å². The summed E-state index contributed by atoms with van der Waals surface area (Å²) in [5.74, 6) is -0.520. The van der Waals surface area contributed by atoms with Crippen molar-refractivity contribution in [2.45, 2.75) is 129 Å². The average molecular weight is 683 g/mol. The summed E-state index contributed by atoms with van der Waals surface area (Å²) in [5.41, 5.74) is -1.21. The Morgan fingerprint density at radius 3 is 1.35 bits per heavy atom. The van der Waals surface area contributed by atoms with E-state index in [1.807, 2.05) is 13.8 Å². The fourth-order valence-corrected chi connectivity index (χ4v) is 4.20. The lowest BCUT2D eigenvalue weighted by Gasteiger charge is -2.27. The van der Waals surface area contributed by atoms with Gasteiger partial charge in [-0.2, -0.15) is 8.78 Å². The number of ether oxygens (including phenoxy) is 2. The van der Waals surface area contributed by atoms with Gasteiger partial charge in [0.05, 0.1) is 24.3 Å². The van der Waals surface area contributed by atoms with Crippen LogP contribution >= 0.6 is 0 Å². The SMILES string of the molecule is CCCC[C@H](NC(=O)OC(C)(C)C)[C@@H](O)CNc1cccc(F)n1.CCCC[C@H](NC(=O)OC(C)(C)C)[C@H](O)CNc1cccc(F)n1. The number of hydrogen-bond acceptors (Lipinski definition) is 10. The Hall–Kier alpha value is -3.78. The van der Waals surface area contributed by atoms with E-state index < -0.39 is 59.6 Å². The number of carbonyl (C=O) groups excluding carboxylic acids is 2. The number of amides is 2. The third kappa shape index (κ3) is 19.8. The Bertz CT molecular complexity index is 1130. The van der Waals surface area contributed by atoms with Crippen LogP contribution in [0.4, 0.5) is 30.0 Å². The second-order valence-corrected chi connectivity index (χ2v) is 13.4. The Morgan fingerprint density at radius 2 is 1.06 bits per heavy atom. The number of aromatic nitrogens is 2. The standard InChI is InChI=1S/2C17H28FN3O3/c2*1-5-6-8-12(20-16(23)24-17(2,3)4)13(22)11-19-15-10-7-9-14(18)21-15/h2*7,9-10,12-13,22H,5-6,8,11H2,1-4H3,(H,19,21)(H,20,23)/t12-,13+;12-,13-/m00/s1. The van der Waals surface area contributed by atoms with Gasteiger partial charge in [-0.25, -0.2) is 19.6 Å². The topological polar surface area (TPSA) is 167 Å². The van der Waals surface area contributed by atoms with Crippen molar-refractivity contribution in [3.05, 3.63) is 48.3 Å². The maximum absolute atomic E-state index is 13.1. The average Bonchev–Trinajstić information content (AvgIpc) is 2.97. The highest BCUT2D eigenvalue weighted by atomic mass is 19.1. The smallest absolute Gasteiger partial charge is 0.407 e. The van der Waals surface area contributed by atoms with E-state index in [0.29, 0.717) is 24.5 Å². The zero-order valence-electron chi connectivity index (χ0n) is 29.6. The molecule has 0 saturated heterocycles. The molecule has 0 aromatic carbocycles. The summed E-state index contributed by atoms with van der Waals surface area (Å²) in [6.45, 7) is 15.0. The van der Waals surface area contributed by atoms with E-state index in [2.05, 4.69) is 31.2 Å². The number of nitrogens with one attached hydrogen (secondary N) is 4. The molecule has 2 amide bonds. The molecule has 0 radical (unpaired) electrons. The van der Waals surface area contributed by atoms with Gasteiger partial charge in [0.1, 0.15) is 22.8 Å². The van der Waals surface area contributed by atoms with Gasteiger partial charge in [-0.3, -0.25) is 0 Å². The molecule has 14 heteroatoms. The van der Waals surface area contributed by atoms with E-state index in [9.17, 15) is 28.6 Å². The molecule has 2 aromatic rings. The van der Waals surface area contributed by atoms with Crippen LogP contribution in [0.3, 0.4) is 0 Å². The molecule has 0 fully saturated rings. The summed E-state index contributed by atoms with van der Waals surface area (Å²) in [4.78, 5) is 31.2. The predicted molar refractivity (Wildman–Crippen MR) is 183 cm³/mol. The number of halogens is 2. The molecule has 0 unspecified atom stereocenters. The fourth-order valence-electron chi connectivity index (χ4n) is 4.20. The first-order chi connectivity index (χ1) is 22.4. The molecular formula is C34H56F2N6O6. The number of alkyl carbamates (subject to hydrolysis) is 2. The van der Waals surface area contributed by atoms with Crippen LogP contribution in [0.1, 0.15) is 93.9 Å². The molecule has 12 nitrogen and oxygen atoms in total. The highest BCUT2D eigenvalue weighted by Crippen LogP contribution is 2.13. The quantitative estimate of drug-likeness (QED) is 0.113. The number of hydrogen-bond donors (Lipinski definition) is 6. The number of anilines is 2. The molecule has 2 heterocycles. The summed E-state index contributed by atoms with van der Waals surface area (Å²) < 4.78 is 36.6. The third-order valence-electron chi connectivity index (χ3n) is 6.49. The summed E-state index contributed by atoms with van der Waals surface area (Å²) in [6.07, 6.45) is 2.01. The van der Waals surface area contributed by atoms with Crippen molar-refractivity contribution in [1.82, 2.24) is 20.6 Å². The normalized spacial score (nSPS) is 13.9. The molecule has 0 saturated carbocycles. The van der Waals surface area contributed by atoms with Gasteiger partial charge < -0.3 is 41.0 Å². The number of pyridine rings is 2. The van der Waals surface area contributed by atoms with Gasteiger partial charge in [-0.05, 0) is 78.6 Å². The van der Waals surface area contributed by atoms with Gasteiger partial charge in [0.25, 0.3) is 0 Å². The number of carbonyl (C=O) groups is 2. The highest BCUT2D eigenvalue weighted by molar-refractivity contribution is 5.68. The molecule has 0 aliphatic carbocycles. The molecule has 4 atom stereocenters. The molecule has 0 spiro atoms. The molecule has 6 N–H and O–H groups in total. The van der Waals surface area contributed by atoms with Gasteiger partial charge in [0.15, 0.2) is 0 Å².